The van der Waals surface area contributed by atoms with Crippen LogP contribution in [0.15, 0.2) is 16.6 Å². The molecule has 0 fully saturated rings. The molecule has 1 rings (SSSR count). The van der Waals surface area contributed by atoms with E-state index in [1.807, 2.05) is 12.8 Å². The van der Waals surface area contributed by atoms with E-state index in [1.54, 1.807) is 12.1 Å². The van der Waals surface area contributed by atoms with E-state index in [2.05, 4.69) is 21.9 Å². The van der Waals surface area contributed by atoms with Crippen molar-refractivity contribution < 1.29 is 9.90 Å². The lowest BCUT2D eigenvalue weighted by atomic mass is 10.1. The van der Waals surface area contributed by atoms with Crippen molar-refractivity contribution in [3.63, 3.8) is 0 Å². The lowest BCUT2D eigenvalue weighted by Gasteiger charge is -2.00. The van der Waals surface area contributed by atoms with Crippen LogP contribution in [0.25, 0.3) is 0 Å². The standard InChI is InChI=1S/C10H6BrClO2/c1-6-4-8(11)7(5-9(6)12)2-3-10(13)14/h4-5H,1H3,(H,13,14). The molecule has 0 aromatic heterocycles. The highest BCUT2D eigenvalue weighted by molar-refractivity contribution is 9.10. The number of carboxylic acid groups (broad SMARTS) is 1. The molecule has 0 saturated carbocycles. The van der Waals surface area contributed by atoms with E-state index in [0.29, 0.717) is 10.6 Å². The van der Waals surface area contributed by atoms with E-state index in [0.717, 1.165) is 10.0 Å². The molecule has 72 valence electrons. The van der Waals surface area contributed by atoms with Gasteiger partial charge in [0.05, 0.1) is 0 Å². The molecule has 0 aliphatic rings. The Morgan fingerprint density at radius 3 is 2.79 bits per heavy atom. The first-order valence-electron chi connectivity index (χ1n) is 3.71. The Kier molecular flexibility index (Phi) is 3.56. The van der Waals surface area contributed by atoms with Gasteiger partial charge in [-0.2, -0.15) is 0 Å². The van der Waals surface area contributed by atoms with E-state index < -0.39 is 5.97 Å². The van der Waals surface area contributed by atoms with Crippen molar-refractivity contribution in [3.05, 3.63) is 32.8 Å². The van der Waals surface area contributed by atoms with Crippen molar-refractivity contribution in [1.29, 1.82) is 0 Å². The molecular formula is C10H6BrClO2. The van der Waals surface area contributed by atoms with Crippen LogP contribution in [-0.2, 0) is 4.79 Å². The molecule has 0 aliphatic carbocycles. The third-order valence-corrected chi connectivity index (χ3v) is 2.62. The molecule has 0 bridgehead atoms. The number of benzene rings is 1. The summed E-state index contributed by atoms with van der Waals surface area (Å²) in [6.45, 7) is 1.86. The predicted molar refractivity (Wildman–Crippen MR) is 58.4 cm³/mol. The van der Waals surface area contributed by atoms with E-state index >= 15 is 0 Å². The van der Waals surface area contributed by atoms with Gasteiger partial charge in [-0.1, -0.05) is 17.5 Å². The highest BCUT2D eigenvalue weighted by Gasteiger charge is 2.01. The average molecular weight is 274 g/mol. The second kappa shape index (κ2) is 4.50. The molecule has 0 spiro atoms. The van der Waals surface area contributed by atoms with E-state index in [4.69, 9.17) is 16.7 Å². The van der Waals surface area contributed by atoms with Crippen LogP contribution < -0.4 is 0 Å². The van der Waals surface area contributed by atoms with Crippen LogP contribution in [0.2, 0.25) is 5.02 Å². The van der Waals surface area contributed by atoms with Crippen molar-refractivity contribution >= 4 is 33.5 Å². The Bertz CT molecular complexity index is 443. The van der Waals surface area contributed by atoms with E-state index in [1.165, 1.54) is 0 Å². The summed E-state index contributed by atoms with van der Waals surface area (Å²) in [4.78, 5) is 10.2. The van der Waals surface area contributed by atoms with Crippen LogP contribution in [-0.4, -0.2) is 11.1 Å². The number of hydrogen-bond acceptors (Lipinski definition) is 1. The highest BCUT2D eigenvalue weighted by Crippen LogP contribution is 2.24. The van der Waals surface area contributed by atoms with Gasteiger partial charge in [0.1, 0.15) is 0 Å². The molecule has 2 nitrogen and oxygen atoms in total. The second-order valence-electron chi connectivity index (χ2n) is 2.64. The van der Waals surface area contributed by atoms with Crippen LogP contribution in [0.1, 0.15) is 11.1 Å². The molecule has 14 heavy (non-hydrogen) atoms. The van der Waals surface area contributed by atoms with Gasteiger partial charge in [-0.25, -0.2) is 4.79 Å². The number of carbonyl (C=O) groups is 1. The largest absolute Gasteiger partial charge is 0.472 e. The molecule has 0 atom stereocenters. The van der Waals surface area contributed by atoms with Gasteiger partial charge in [0.15, 0.2) is 0 Å². The lowest BCUT2D eigenvalue weighted by molar-refractivity contribution is -0.130. The van der Waals surface area contributed by atoms with Gasteiger partial charge in [-0.3, -0.25) is 0 Å². The number of rotatable bonds is 0. The maximum atomic E-state index is 10.2. The number of aryl methyl sites for hydroxylation is 1. The fourth-order valence-corrected chi connectivity index (χ4v) is 1.58. The average Bonchev–Trinajstić information content (AvgIpc) is 2.09. The van der Waals surface area contributed by atoms with Crippen molar-refractivity contribution in [2.45, 2.75) is 6.92 Å². The zero-order valence-corrected chi connectivity index (χ0v) is 9.61. The maximum absolute atomic E-state index is 10.2. The molecule has 4 heteroatoms. The van der Waals surface area contributed by atoms with Crippen molar-refractivity contribution in [2.24, 2.45) is 0 Å². The minimum Gasteiger partial charge on any atom is -0.472 e. The fourth-order valence-electron chi connectivity index (χ4n) is 0.863. The van der Waals surface area contributed by atoms with Gasteiger partial charge >= 0.3 is 5.97 Å². The van der Waals surface area contributed by atoms with Gasteiger partial charge in [-0.05, 0) is 40.5 Å². The maximum Gasteiger partial charge on any atom is 0.382 e. The number of carboxylic acids is 1. The van der Waals surface area contributed by atoms with Crippen LogP contribution in [0.3, 0.4) is 0 Å². The lowest BCUT2D eigenvalue weighted by Crippen LogP contribution is -1.88. The van der Waals surface area contributed by atoms with Crippen LogP contribution in [0.5, 0.6) is 0 Å². The summed E-state index contributed by atoms with van der Waals surface area (Å²) < 4.78 is 0.744. The summed E-state index contributed by atoms with van der Waals surface area (Å²) >= 11 is 9.14. The van der Waals surface area contributed by atoms with Gasteiger partial charge < -0.3 is 5.11 Å². The molecule has 1 aromatic carbocycles. The monoisotopic (exact) mass is 272 g/mol. The van der Waals surface area contributed by atoms with Crippen molar-refractivity contribution in [2.75, 3.05) is 0 Å². The summed E-state index contributed by atoms with van der Waals surface area (Å²) in [6, 6.07) is 3.44. The van der Waals surface area contributed by atoms with Gasteiger partial charge in [-0.15, -0.1) is 0 Å². The first-order chi connectivity index (χ1) is 6.50. The number of aliphatic carboxylic acids is 1. The van der Waals surface area contributed by atoms with Gasteiger partial charge in [0, 0.05) is 21.0 Å². The second-order valence-corrected chi connectivity index (χ2v) is 3.90. The Balaban J connectivity index is 3.18. The van der Waals surface area contributed by atoms with Gasteiger partial charge in [0.25, 0.3) is 0 Å². The molecule has 1 aromatic rings. The normalized spacial score (nSPS) is 9.07. The van der Waals surface area contributed by atoms with Crippen molar-refractivity contribution in [3.8, 4) is 11.8 Å². The first kappa shape index (κ1) is 11.1. The number of halogens is 2. The third-order valence-electron chi connectivity index (χ3n) is 1.55. The smallest absolute Gasteiger partial charge is 0.382 e. The predicted octanol–water partition coefficient (Wildman–Crippen LogP) is 2.85. The Morgan fingerprint density at radius 1 is 1.57 bits per heavy atom. The minimum atomic E-state index is -1.16. The SMILES string of the molecule is Cc1cc(Br)c(C#CC(=O)O)cc1Cl. The van der Waals surface area contributed by atoms with E-state index in [9.17, 15) is 4.79 Å². The molecule has 1 N–H and O–H groups in total. The third kappa shape index (κ3) is 2.76. The molecule has 0 aliphatic heterocycles. The minimum absolute atomic E-state index is 0.572. The van der Waals surface area contributed by atoms with E-state index in [-0.39, 0.29) is 0 Å². The number of hydrogen-bond donors (Lipinski definition) is 1. The molecule has 0 radical (unpaired) electrons. The molecular weight excluding hydrogens is 267 g/mol. The molecule has 0 unspecified atom stereocenters. The zero-order valence-electron chi connectivity index (χ0n) is 7.27. The zero-order chi connectivity index (χ0) is 10.7. The van der Waals surface area contributed by atoms with Crippen LogP contribution >= 0.6 is 27.5 Å². The summed E-state index contributed by atoms with van der Waals surface area (Å²) in [6.07, 6.45) is 0. The molecule has 0 heterocycles. The summed E-state index contributed by atoms with van der Waals surface area (Å²) in [5, 5.41) is 8.94. The first-order valence-corrected chi connectivity index (χ1v) is 4.88. The molecule has 0 amide bonds. The van der Waals surface area contributed by atoms with Crippen molar-refractivity contribution in [1.82, 2.24) is 0 Å². The topological polar surface area (TPSA) is 37.3 Å². The Morgan fingerprint density at radius 2 is 2.21 bits per heavy atom. The fraction of sp³-hybridized carbons (Fsp3) is 0.100. The summed E-state index contributed by atoms with van der Waals surface area (Å²) in [7, 11) is 0. The van der Waals surface area contributed by atoms with Gasteiger partial charge in [0.2, 0.25) is 0 Å². The summed E-state index contributed by atoms with van der Waals surface area (Å²) in [5.41, 5.74) is 1.49. The Labute approximate surface area is 95.0 Å². The quantitative estimate of drug-likeness (QED) is 0.738. The summed E-state index contributed by atoms with van der Waals surface area (Å²) in [5.74, 6) is 3.37. The van der Waals surface area contributed by atoms with Crippen LogP contribution in [0, 0.1) is 18.8 Å². The molecule has 0 saturated heterocycles. The Hall–Kier alpha value is -0.980. The van der Waals surface area contributed by atoms with Crippen LogP contribution in [0.4, 0.5) is 0 Å². The highest BCUT2D eigenvalue weighted by atomic mass is 79.9.